The van der Waals surface area contributed by atoms with Gasteiger partial charge in [-0.1, -0.05) is 0 Å². The van der Waals surface area contributed by atoms with Crippen molar-refractivity contribution in [1.29, 1.82) is 0 Å². The Morgan fingerprint density at radius 3 is 3.05 bits per heavy atom. The van der Waals surface area contributed by atoms with Gasteiger partial charge in [0.2, 0.25) is 5.91 Å². The Kier molecular flexibility index (Phi) is 3.04. The Morgan fingerprint density at radius 2 is 2.27 bits per heavy atom. The number of aromatic nitrogens is 3. The maximum absolute atomic E-state index is 12.2. The lowest BCUT2D eigenvalue weighted by Gasteiger charge is -2.42. The second kappa shape index (κ2) is 4.95. The molecule has 4 rings (SSSR count). The minimum Gasteiger partial charge on any atom is -0.375 e. The number of rotatable bonds is 3. The standard InChI is InChI=1S/C15H19N5O2/c1-22-8-12(21)20-7-6-19(9-15(20)3-4-15)14-11-2-5-16-13(11)17-10-18-14/h2,5,10H,3-4,6-9H2,1H3,(H,16,17,18). The van der Waals surface area contributed by atoms with Crippen molar-refractivity contribution in [1.82, 2.24) is 19.9 Å². The number of aromatic amines is 1. The average Bonchev–Trinajstić information content (AvgIpc) is 3.11. The van der Waals surface area contributed by atoms with Crippen LogP contribution in [-0.4, -0.2) is 64.6 Å². The van der Waals surface area contributed by atoms with E-state index in [2.05, 4.69) is 19.9 Å². The van der Waals surface area contributed by atoms with Crippen LogP contribution in [0, 0.1) is 0 Å². The van der Waals surface area contributed by atoms with Gasteiger partial charge in [-0.25, -0.2) is 9.97 Å². The Morgan fingerprint density at radius 1 is 1.41 bits per heavy atom. The molecule has 0 unspecified atom stereocenters. The lowest BCUT2D eigenvalue weighted by atomic mass is 10.1. The molecule has 2 aromatic rings. The fraction of sp³-hybridized carbons (Fsp3) is 0.533. The van der Waals surface area contributed by atoms with Crippen molar-refractivity contribution in [3.05, 3.63) is 18.6 Å². The van der Waals surface area contributed by atoms with Crippen LogP contribution in [0.5, 0.6) is 0 Å². The molecule has 0 atom stereocenters. The van der Waals surface area contributed by atoms with Crippen LogP contribution in [0.3, 0.4) is 0 Å². The van der Waals surface area contributed by atoms with Gasteiger partial charge >= 0.3 is 0 Å². The summed E-state index contributed by atoms with van der Waals surface area (Å²) in [6.07, 6.45) is 5.59. The minimum atomic E-state index is -0.0263. The van der Waals surface area contributed by atoms with Crippen LogP contribution < -0.4 is 4.90 Å². The molecular formula is C15H19N5O2. The number of hydrogen-bond acceptors (Lipinski definition) is 5. The van der Waals surface area contributed by atoms with Gasteiger partial charge in [0, 0.05) is 32.9 Å². The Bertz CT molecular complexity index is 709. The fourth-order valence-corrected chi connectivity index (χ4v) is 3.43. The van der Waals surface area contributed by atoms with E-state index >= 15 is 0 Å². The molecule has 22 heavy (non-hydrogen) atoms. The molecule has 1 saturated heterocycles. The van der Waals surface area contributed by atoms with Crippen molar-refractivity contribution < 1.29 is 9.53 Å². The summed E-state index contributed by atoms with van der Waals surface area (Å²) < 4.78 is 5.01. The molecule has 7 nitrogen and oxygen atoms in total. The third-order valence-corrected chi connectivity index (χ3v) is 4.68. The Hall–Kier alpha value is -2.15. The van der Waals surface area contributed by atoms with E-state index in [1.165, 1.54) is 0 Å². The van der Waals surface area contributed by atoms with Crippen molar-refractivity contribution >= 4 is 22.8 Å². The first-order chi connectivity index (χ1) is 10.7. The SMILES string of the molecule is COCC(=O)N1CCN(c2ncnc3[nH]ccc23)CC12CC2. The summed E-state index contributed by atoms with van der Waals surface area (Å²) in [5.41, 5.74) is 0.828. The first kappa shape index (κ1) is 13.5. The predicted octanol–water partition coefficient (Wildman–Crippen LogP) is 0.785. The molecule has 2 aromatic heterocycles. The molecule has 1 aliphatic carbocycles. The van der Waals surface area contributed by atoms with Gasteiger partial charge in [0.1, 0.15) is 24.4 Å². The minimum absolute atomic E-state index is 0.0263. The summed E-state index contributed by atoms with van der Waals surface area (Å²) in [6.45, 7) is 2.50. The van der Waals surface area contributed by atoms with E-state index in [1.54, 1.807) is 13.4 Å². The van der Waals surface area contributed by atoms with Crippen molar-refractivity contribution in [3.63, 3.8) is 0 Å². The smallest absolute Gasteiger partial charge is 0.249 e. The number of nitrogens with one attached hydrogen (secondary N) is 1. The van der Waals surface area contributed by atoms with Crippen LogP contribution in [0.4, 0.5) is 5.82 Å². The molecule has 0 radical (unpaired) electrons. The fourth-order valence-electron chi connectivity index (χ4n) is 3.43. The first-order valence-corrected chi connectivity index (χ1v) is 7.56. The molecule has 116 valence electrons. The van der Waals surface area contributed by atoms with Crippen LogP contribution in [0.2, 0.25) is 0 Å². The first-order valence-electron chi connectivity index (χ1n) is 7.56. The van der Waals surface area contributed by atoms with Gasteiger partial charge in [-0.2, -0.15) is 0 Å². The van der Waals surface area contributed by atoms with E-state index in [1.807, 2.05) is 17.2 Å². The van der Waals surface area contributed by atoms with Gasteiger partial charge in [0.05, 0.1) is 10.9 Å². The molecule has 7 heteroatoms. The highest BCUT2D eigenvalue weighted by atomic mass is 16.5. The number of methoxy groups -OCH3 is 1. The van der Waals surface area contributed by atoms with E-state index in [-0.39, 0.29) is 18.1 Å². The molecule has 2 aliphatic rings. The molecule has 1 spiro atoms. The van der Waals surface area contributed by atoms with E-state index < -0.39 is 0 Å². The van der Waals surface area contributed by atoms with Crippen LogP contribution in [0.25, 0.3) is 11.0 Å². The van der Waals surface area contributed by atoms with E-state index in [4.69, 9.17) is 4.74 Å². The monoisotopic (exact) mass is 301 g/mol. The summed E-state index contributed by atoms with van der Waals surface area (Å²) in [5, 5.41) is 1.04. The van der Waals surface area contributed by atoms with Crippen molar-refractivity contribution in [3.8, 4) is 0 Å². The molecule has 0 aromatic carbocycles. The number of carbonyl (C=O) groups is 1. The van der Waals surface area contributed by atoms with Crippen molar-refractivity contribution in [2.45, 2.75) is 18.4 Å². The van der Waals surface area contributed by atoms with Crippen molar-refractivity contribution in [2.24, 2.45) is 0 Å². The molecule has 2 fully saturated rings. The van der Waals surface area contributed by atoms with Crippen molar-refractivity contribution in [2.75, 3.05) is 38.3 Å². The number of anilines is 1. The zero-order valence-electron chi connectivity index (χ0n) is 12.6. The average molecular weight is 301 g/mol. The second-order valence-corrected chi connectivity index (χ2v) is 6.06. The zero-order valence-corrected chi connectivity index (χ0v) is 12.6. The quantitative estimate of drug-likeness (QED) is 0.907. The molecule has 1 N–H and O–H groups in total. The number of fused-ring (bicyclic) bond motifs is 1. The lowest BCUT2D eigenvalue weighted by molar-refractivity contribution is -0.138. The van der Waals surface area contributed by atoms with Gasteiger partial charge in [-0.3, -0.25) is 4.79 Å². The summed E-state index contributed by atoms with van der Waals surface area (Å²) >= 11 is 0. The van der Waals surface area contributed by atoms with E-state index in [0.29, 0.717) is 0 Å². The highest BCUT2D eigenvalue weighted by Gasteiger charge is 2.53. The lowest BCUT2D eigenvalue weighted by Crippen LogP contribution is -2.58. The van der Waals surface area contributed by atoms with Gasteiger partial charge in [-0.05, 0) is 18.9 Å². The number of hydrogen-bond donors (Lipinski definition) is 1. The van der Waals surface area contributed by atoms with Gasteiger partial charge in [0.25, 0.3) is 0 Å². The van der Waals surface area contributed by atoms with Crippen LogP contribution >= 0.6 is 0 Å². The van der Waals surface area contributed by atoms with E-state index in [0.717, 1.165) is 49.3 Å². The zero-order chi connectivity index (χ0) is 15.2. The molecule has 1 amide bonds. The number of amides is 1. The predicted molar refractivity (Wildman–Crippen MR) is 81.7 cm³/mol. The number of nitrogens with zero attached hydrogens (tertiary/aromatic N) is 4. The Balaban J connectivity index is 1.60. The molecule has 0 bridgehead atoms. The molecule has 1 saturated carbocycles. The van der Waals surface area contributed by atoms with Gasteiger partial charge < -0.3 is 19.5 Å². The summed E-state index contributed by atoms with van der Waals surface area (Å²) in [4.78, 5) is 28.3. The normalized spacial score (nSPS) is 19.9. The number of piperazine rings is 1. The number of H-pyrrole nitrogens is 1. The number of ether oxygens (including phenoxy) is 1. The highest BCUT2D eigenvalue weighted by molar-refractivity contribution is 5.87. The van der Waals surface area contributed by atoms with Crippen LogP contribution in [0.15, 0.2) is 18.6 Å². The van der Waals surface area contributed by atoms with Gasteiger partial charge in [0.15, 0.2) is 0 Å². The summed E-state index contributed by atoms with van der Waals surface area (Å²) in [7, 11) is 1.57. The largest absolute Gasteiger partial charge is 0.375 e. The summed E-state index contributed by atoms with van der Waals surface area (Å²) in [6, 6.07) is 2.01. The maximum Gasteiger partial charge on any atom is 0.249 e. The third-order valence-electron chi connectivity index (χ3n) is 4.68. The summed E-state index contributed by atoms with van der Waals surface area (Å²) in [5.74, 6) is 1.05. The van der Waals surface area contributed by atoms with Crippen LogP contribution in [-0.2, 0) is 9.53 Å². The van der Waals surface area contributed by atoms with Gasteiger partial charge in [-0.15, -0.1) is 0 Å². The molecular weight excluding hydrogens is 282 g/mol. The number of carbonyl (C=O) groups excluding carboxylic acids is 1. The second-order valence-electron chi connectivity index (χ2n) is 6.06. The van der Waals surface area contributed by atoms with Crippen LogP contribution in [0.1, 0.15) is 12.8 Å². The van der Waals surface area contributed by atoms with E-state index in [9.17, 15) is 4.79 Å². The molecule has 1 aliphatic heterocycles. The maximum atomic E-state index is 12.2. The molecule has 3 heterocycles. The third kappa shape index (κ3) is 2.04. The topological polar surface area (TPSA) is 74.3 Å². The highest BCUT2D eigenvalue weighted by Crippen LogP contribution is 2.45. The Labute approximate surface area is 128 Å².